The lowest BCUT2D eigenvalue weighted by atomic mass is 9.33. The van der Waals surface area contributed by atoms with Crippen LogP contribution < -0.4 is 11.3 Å². The fourth-order valence-electron chi connectivity index (χ4n) is 13.4. The molecule has 6 fully saturated rings. The summed E-state index contributed by atoms with van der Waals surface area (Å²) < 4.78 is 23.4. The van der Waals surface area contributed by atoms with Gasteiger partial charge in [0.2, 0.25) is 0 Å². The highest BCUT2D eigenvalue weighted by Gasteiger charge is 2.70. The monoisotopic (exact) mass is 839 g/mol. The highest BCUT2D eigenvalue weighted by molar-refractivity contribution is 5.95. The van der Waals surface area contributed by atoms with Crippen LogP contribution in [0.25, 0.3) is 0 Å². The number of hydrogen-bond acceptors (Lipinski definition) is 14. The molecule has 0 spiro atoms. The number of ether oxygens (including phenoxy) is 4. The van der Waals surface area contributed by atoms with Crippen molar-refractivity contribution < 1.29 is 79.0 Å². The number of fused-ring (bicyclic) bond motifs is 7. The maximum atomic E-state index is 14.8. The van der Waals surface area contributed by atoms with Crippen molar-refractivity contribution in [1.29, 1.82) is 0 Å². The molecule has 5 aliphatic carbocycles. The van der Waals surface area contributed by atoms with Gasteiger partial charge in [0.1, 0.15) is 36.6 Å². The number of rotatable bonds is 7. The van der Waals surface area contributed by atoms with E-state index >= 15 is 0 Å². The average Bonchev–Trinajstić information content (AvgIpc) is 3.13. The summed E-state index contributed by atoms with van der Waals surface area (Å²) in [6, 6.07) is 0. The normalized spacial score (nSPS) is 51.7. The van der Waals surface area contributed by atoms with Gasteiger partial charge >= 0.3 is 11.9 Å². The third kappa shape index (κ3) is 6.72. The third-order valence-corrected chi connectivity index (χ3v) is 17.2. The summed E-state index contributed by atoms with van der Waals surface area (Å²) in [6.07, 6.45) is -12.5. The maximum Gasteiger partial charge on any atom is 0.335 e. The molecule has 19 atom stereocenters. The summed E-state index contributed by atoms with van der Waals surface area (Å²) in [6.45, 7) is 14.7. The second-order valence-electron chi connectivity index (χ2n) is 20.6. The molecule has 2 aliphatic heterocycles. The van der Waals surface area contributed by atoms with Crippen molar-refractivity contribution in [3.8, 4) is 0 Å². The molecule has 11 N–H and O–H groups in total. The number of aliphatic hydroxyl groups is 5. The summed E-state index contributed by atoms with van der Waals surface area (Å²) >= 11 is 0. The van der Waals surface area contributed by atoms with Crippen LogP contribution in [0.15, 0.2) is 11.6 Å². The molecule has 3 unspecified atom stereocenters. The van der Waals surface area contributed by atoms with Crippen LogP contribution in [0.2, 0.25) is 0 Å². The lowest BCUT2D eigenvalue weighted by Crippen LogP contribution is -2.68. The predicted octanol–water partition coefficient (Wildman–Crippen LogP) is 1.29. The van der Waals surface area contributed by atoms with Gasteiger partial charge in [-0.15, -0.1) is 0 Å². The van der Waals surface area contributed by atoms with Crippen molar-refractivity contribution in [2.75, 3.05) is 0 Å². The van der Waals surface area contributed by atoms with E-state index in [4.69, 9.17) is 18.9 Å². The highest BCUT2D eigenvalue weighted by Crippen LogP contribution is 2.75. The van der Waals surface area contributed by atoms with E-state index in [-0.39, 0.29) is 40.5 Å². The number of aliphatic carboxylic acids is 3. The van der Waals surface area contributed by atoms with Crippen LogP contribution in [0.5, 0.6) is 0 Å². The van der Waals surface area contributed by atoms with Crippen molar-refractivity contribution in [3.05, 3.63) is 11.6 Å². The molecule has 334 valence electrons. The van der Waals surface area contributed by atoms with Crippen molar-refractivity contribution in [2.24, 2.45) is 50.2 Å². The van der Waals surface area contributed by atoms with Crippen molar-refractivity contribution in [2.45, 2.75) is 174 Å². The summed E-state index contributed by atoms with van der Waals surface area (Å²) in [5.41, 5.74) is -2.03. The molecular weight excluding hydrogens is 774 g/mol. The minimum Gasteiger partial charge on any atom is -0.550 e. The zero-order valence-corrected chi connectivity index (χ0v) is 35.3. The third-order valence-electron chi connectivity index (χ3n) is 17.2. The number of carbonyl (C=O) groups excluding carboxylic acids is 2. The smallest absolute Gasteiger partial charge is 0.335 e. The molecule has 0 radical (unpaired) electrons. The van der Waals surface area contributed by atoms with Crippen LogP contribution in [-0.4, -0.2) is 127 Å². The number of carboxylic acid groups (broad SMARTS) is 3. The Morgan fingerprint density at radius 1 is 0.729 bits per heavy atom. The molecule has 4 saturated carbocycles. The van der Waals surface area contributed by atoms with Crippen molar-refractivity contribution in [3.63, 3.8) is 0 Å². The van der Waals surface area contributed by atoms with Gasteiger partial charge in [-0.25, -0.2) is 9.59 Å². The lowest BCUT2D eigenvalue weighted by molar-refractivity contribution is -0.371. The topological polar surface area (TPSA) is 306 Å². The zero-order valence-electron chi connectivity index (χ0n) is 35.3. The Morgan fingerprint density at radius 2 is 1.31 bits per heavy atom. The van der Waals surface area contributed by atoms with Gasteiger partial charge in [0.05, 0.1) is 6.10 Å². The Hall–Kier alpha value is -2.58. The molecule has 0 aromatic heterocycles. The number of ketones is 1. The van der Waals surface area contributed by atoms with Crippen LogP contribution in [-0.2, 0) is 38.1 Å². The second kappa shape index (κ2) is 15.1. The van der Waals surface area contributed by atoms with E-state index in [0.29, 0.717) is 38.5 Å². The van der Waals surface area contributed by atoms with E-state index in [2.05, 4.69) is 27.7 Å². The molecule has 2 heterocycles. The predicted molar refractivity (Wildman–Crippen MR) is 203 cm³/mol. The van der Waals surface area contributed by atoms with Gasteiger partial charge in [-0.2, -0.15) is 0 Å². The van der Waals surface area contributed by atoms with E-state index in [9.17, 15) is 60.0 Å². The van der Waals surface area contributed by atoms with Gasteiger partial charge in [0, 0.05) is 17.3 Å². The second-order valence-corrected chi connectivity index (χ2v) is 20.6. The largest absolute Gasteiger partial charge is 0.550 e. The Balaban J connectivity index is 0.00000585. The van der Waals surface area contributed by atoms with E-state index < -0.39 is 107 Å². The summed E-state index contributed by atoms with van der Waals surface area (Å²) in [4.78, 5) is 51.2. The summed E-state index contributed by atoms with van der Waals surface area (Å²) in [7, 11) is 0. The molecule has 7 rings (SSSR count). The Kier molecular flexibility index (Phi) is 11.7. The molecule has 0 aromatic rings. The van der Waals surface area contributed by atoms with Gasteiger partial charge < -0.3 is 70.7 Å². The number of carbonyl (C=O) groups is 4. The SMILES string of the molecule is CC1(C)C2CC[C@]3(C)C(C(=O)C=C4[C@@H]5C[C@@](C)(C(=O)[O-])CC[C@]5(C)CC[C@]43C)[C@@]2(C)CC[C@@H]1O[C@H]1O[C@H](C(=O)O)[C@@H](O)[C@H](O)[C@H]1O[C@H]1O[C@@H](C(=O)O)[C@H](O)[C@@H](O)C1O.[NH4+]. The van der Waals surface area contributed by atoms with Crippen molar-refractivity contribution in [1.82, 2.24) is 6.15 Å². The lowest BCUT2D eigenvalue weighted by Gasteiger charge is -2.70. The number of allylic oxidation sites excluding steroid dienone is 2. The van der Waals surface area contributed by atoms with Crippen LogP contribution >= 0.6 is 0 Å². The van der Waals surface area contributed by atoms with Crippen LogP contribution in [0.1, 0.15) is 106 Å². The molecule has 59 heavy (non-hydrogen) atoms. The minimum atomic E-state index is -2.05. The Morgan fingerprint density at radius 3 is 1.90 bits per heavy atom. The molecule has 17 heteroatoms. The molecular formula is C42H65NO16. The quantitative estimate of drug-likeness (QED) is 0.168. The molecule has 0 bridgehead atoms. The first-order chi connectivity index (χ1) is 26.8. The van der Waals surface area contributed by atoms with Crippen LogP contribution in [0.4, 0.5) is 0 Å². The van der Waals surface area contributed by atoms with Crippen LogP contribution in [0.3, 0.4) is 0 Å². The average molecular weight is 840 g/mol. The summed E-state index contributed by atoms with van der Waals surface area (Å²) in [5, 5.41) is 85.1. The Labute approximate surface area is 344 Å². The molecule has 0 amide bonds. The number of carboxylic acids is 3. The fraction of sp³-hybridized carbons (Fsp3) is 0.857. The highest BCUT2D eigenvalue weighted by atomic mass is 16.8. The van der Waals surface area contributed by atoms with E-state index in [1.165, 1.54) is 0 Å². The number of quaternary nitrogens is 1. The minimum absolute atomic E-state index is 0. The molecule has 17 nitrogen and oxygen atoms in total. The van der Waals surface area contributed by atoms with Crippen LogP contribution in [0, 0.1) is 50.2 Å². The fourth-order valence-corrected chi connectivity index (χ4v) is 13.4. The van der Waals surface area contributed by atoms with Gasteiger partial charge in [-0.3, -0.25) is 4.79 Å². The first kappa shape index (κ1) is 45.9. The molecule has 2 saturated heterocycles. The van der Waals surface area contributed by atoms with Gasteiger partial charge in [-0.05, 0) is 103 Å². The van der Waals surface area contributed by atoms with Gasteiger partial charge in [0.25, 0.3) is 0 Å². The first-order valence-electron chi connectivity index (χ1n) is 20.7. The molecule has 0 aromatic carbocycles. The van der Waals surface area contributed by atoms with E-state index in [1.54, 1.807) is 6.92 Å². The molecule has 7 aliphatic rings. The van der Waals surface area contributed by atoms with E-state index in [1.807, 2.05) is 19.9 Å². The summed E-state index contributed by atoms with van der Waals surface area (Å²) in [5.74, 6) is -4.80. The van der Waals surface area contributed by atoms with Gasteiger partial charge in [-0.1, -0.05) is 54.0 Å². The zero-order chi connectivity index (χ0) is 42.9. The first-order valence-corrected chi connectivity index (χ1v) is 20.7. The van der Waals surface area contributed by atoms with E-state index in [0.717, 1.165) is 24.8 Å². The number of aliphatic hydroxyl groups excluding tert-OH is 5. The standard InChI is InChI=1S/C42H62O16.H3N/c1-37(2)21-8-11-42(7)31(20(43)16-18-19-17-39(4,36(53)54)13-12-38(19,3)14-15-41(18,42)6)40(21,5)10-9-22(37)55-35-30(26(47)25(46)29(57-35)33(51)52)58-34-27(48)23(44)24(45)28(56-34)32(49)50;/h16,19,21-31,34-35,44-48H,8-15,17H2,1-7H3,(H,49,50)(H,51,52)(H,53,54);1H3/t19-,21?,22-,23+,24+,25-,26-,27?,28+,29-,30+,31?,34+,35-,38+,39-,40-,41+,42+;/m0./s1. The van der Waals surface area contributed by atoms with Gasteiger partial charge in [0.15, 0.2) is 30.6 Å². The Bertz CT molecular complexity index is 1740. The van der Waals surface area contributed by atoms with Crippen molar-refractivity contribution >= 4 is 23.7 Å². The number of hydrogen-bond donors (Lipinski definition) is 8. The maximum absolute atomic E-state index is 14.8.